The summed E-state index contributed by atoms with van der Waals surface area (Å²) in [6, 6.07) is 0. The SMILES string of the molecule is CC1(NS(=O)(=O)CCO)CCCC1. The first kappa shape index (κ1) is 10.9. The van der Waals surface area contributed by atoms with Gasteiger partial charge in [0, 0.05) is 5.54 Å². The van der Waals surface area contributed by atoms with Crippen LogP contribution >= 0.6 is 0 Å². The molecule has 0 aromatic heterocycles. The fourth-order valence-corrected chi connectivity index (χ4v) is 3.10. The van der Waals surface area contributed by atoms with Gasteiger partial charge < -0.3 is 5.11 Å². The van der Waals surface area contributed by atoms with Gasteiger partial charge >= 0.3 is 0 Å². The molecule has 4 nitrogen and oxygen atoms in total. The Balaban J connectivity index is 2.56. The molecule has 0 saturated heterocycles. The largest absolute Gasteiger partial charge is 0.395 e. The molecule has 0 unspecified atom stereocenters. The Bertz CT molecular complexity index is 255. The van der Waals surface area contributed by atoms with Crippen molar-refractivity contribution in [2.75, 3.05) is 12.4 Å². The third-order valence-electron chi connectivity index (χ3n) is 2.47. The van der Waals surface area contributed by atoms with E-state index in [1.807, 2.05) is 6.92 Å². The summed E-state index contributed by atoms with van der Waals surface area (Å²) >= 11 is 0. The van der Waals surface area contributed by atoms with E-state index in [2.05, 4.69) is 4.72 Å². The number of hydrogen-bond donors (Lipinski definition) is 2. The summed E-state index contributed by atoms with van der Waals surface area (Å²) in [6.07, 6.45) is 3.96. The number of hydrogen-bond acceptors (Lipinski definition) is 3. The van der Waals surface area contributed by atoms with Crippen LogP contribution in [-0.4, -0.2) is 31.4 Å². The van der Waals surface area contributed by atoms with Crippen LogP contribution in [0.15, 0.2) is 0 Å². The number of sulfonamides is 1. The molecule has 78 valence electrons. The lowest BCUT2D eigenvalue weighted by molar-refractivity contribution is 0.317. The lowest BCUT2D eigenvalue weighted by Crippen LogP contribution is -2.44. The Hall–Kier alpha value is -0.130. The second-order valence-electron chi connectivity index (χ2n) is 3.91. The predicted molar refractivity (Wildman–Crippen MR) is 50.9 cm³/mol. The summed E-state index contributed by atoms with van der Waals surface area (Å²) in [7, 11) is -3.27. The van der Waals surface area contributed by atoms with Crippen molar-refractivity contribution >= 4 is 10.0 Å². The minimum Gasteiger partial charge on any atom is -0.395 e. The Morgan fingerprint density at radius 2 is 1.92 bits per heavy atom. The highest BCUT2D eigenvalue weighted by molar-refractivity contribution is 7.89. The van der Waals surface area contributed by atoms with E-state index in [4.69, 9.17) is 5.11 Å². The van der Waals surface area contributed by atoms with Gasteiger partial charge in [0.2, 0.25) is 10.0 Å². The van der Waals surface area contributed by atoms with Crippen LogP contribution < -0.4 is 4.72 Å². The molecule has 0 aromatic carbocycles. The van der Waals surface area contributed by atoms with Gasteiger partial charge in [-0.25, -0.2) is 13.1 Å². The van der Waals surface area contributed by atoms with Crippen LogP contribution in [0.4, 0.5) is 0 Å². The smallest absolute Gasteiger partial charge is 0.214 e. The van der Waals surface area contributed by atoms with E-state index < -0.39 is 10.0 Å². The van der Waals surface area contributed by atoms with Gasteiger partial charge in [-0.1, -0.05) is 12.8 Å². The normalized spacial score (nSPS) is 22.0. The van der Waals surface area contributed by atoms with E-state index in [0.717, 1.165) is 25.7 Å². The molecular weight excluding hydrogens is 190 g/mol. The maximum Gasteiger partial charge on any atom is 0.214 e. The van der Waals surface area contributed by atoms with Crippen molar-refractivity contribution in [3.63, 3.8) is 0 Å². The van der Waals surface area contributed by atoms with Gasteiger partial charge in [-0.3, -0.25) is 0 Å². The highest BCUT2D eigenvalue weighted by Crippen LogP contribution is 2.29. The summed E-state index contributed by atoms with van der Waals surface area (Å²) in [4.78, 5) is 0. The van der Waals surface area contributed by atoms with Crippen LogP contribution in [0.5, 0.6) is 0 Å². The zero-order valence-corrected chi connectivity index (χ0v) is 8.73. The first-order chi connectivity index (χ1) is 5.97. The third-order valence-corrected chi connectivity index (χ3v) is 3.99. The van der Waals surface area contributed by atoms with Gasteiger partial charge in [0.15, 0.2) is 0 Å². The molecule has 0 aromatic rings. The second kappa shape index (κ2) is 3.94. The number of nitrogens with one attached hydrogen (secondary N) is 1. The molecule has 0 aliphatic heterocycles. The molecule has 0 atom stereocenters. The van der Waals surface area contributed by atoms with Gasteiger partial charge in [0.1, 0.15) is 0 Å². The zero-order chi connectivity index (χ0) is 9.95. The Morgan fingerprint density at radius 1 is 1.38 bits per heavy atom. The van der Waals surface area contributed by atoms with Crippen molar-refractivity contribution in [2.24, 2.45) is 0 Å². The molecule has 0 bridgehead atoms. The zero-order valence-electron chi connectivity index (χ0n) is 7.91. The first-order valence-corrected chi connectivity index (χ1v) is 6.25. The van der Waals surface area contributed by atoms with Crippen molar-refractivity contribution in [3.8, 4) is 0 Å². The summed E-state index contributed by atoms with van der Waals surface area (Å²) in [6.45, 7) is 1.61. The highest BCUT2D eigenvalue weighted by atomic mass is 32.2. The molecule has 5 heteroatoms. The van der Waals surface area contributed by atoms with E-state index in [0.29, 0.717) is 0 Å². The van der Waals surface area contributed by atoms with Crippen LogP contribution in [0.2, 0.25) is 0 Å². The van der Waals surface area contributed by atoms with Gasteiger partial charge in [-0.2, -0.15) is 0 Å². The van der Waals surface area contributed by atoms with Gasteiger partial charge in [-0.15, -0.1) is 0 Å². The molecular formula is C8H17NO3S. The van der Waals surface area contributed by atoms with Crippen molar-refractivity contribution in [3.05, 3.63) is 0 Å². The highest BCUT2D eigenvalue weighted by Gasteiger charge is 2.32. The number of aliphatic hydroxyl groups excluding tert-OH is 1. The fraction of sp³-hybridized carbons (Fsp3) is 1.00. The second-order valence-corrected chi connectivity index (χ2v) is 5.75. The van der Waals surface area contributed by atoms with Gasteiger partial charge in [0.05, 0.1) is 12.4 Å². The lowest BCUT2D eigenvalue weighted by Gasteiger charge is -2.24. The van der Waals surface area contributed by atoms with Crippen LogP contribution in [0.25, 0.3) is 0 Å². The average molecular weight is 207 g/mol. The number of aliphatic hydroxyl groups is 1. The minimum atomic E-state index is -3.27. The van der Waals surface area contributed by atoms with Crippen molar-refractivity contribution in [1.82, 2.24) is 4.72 Å². The summed E-state index contributed by atoms with van der Waals surface area (Å²) in [5, 5.41) is 8.54. The van der Waals surface area contributed by atoms with Crippen molar-refractivity contribution in [2.45, 2.75) is 38.1 Å². The van der Waals surface area contributed by atoms with Crippen LogP contribution in [0.3, 0.4) is 0 Å². The molecule has 2 N–H and O–H groups in total. The summed E-state index contributed by atoms with van der Waals surface area (Å²) < 4.78 is 25.3. The molecule has 0 spiro atoms. The quantitative estimate of drug-likeness (QED) is 0.693. The molecule has 1 rings (SSSR count). The minimum absolute atomic E-state index is 0.192. The molecule has 1 aliphatic carbocycles. The molecule has 1 aliphatic rings. The third kappa shape index (κ3) is 3.25. The van der Waals surface area contributed by atoms with Crippen molar-refractivity contribution in [1.29, 1.82) is 0 Å². The number of rotatable bonds is 4. The average Bonchev–Trinajstić information content (AvgIpc) is 2.33. The van der Waals surface area contributed by atoms with Crippen LogP contribution in [0.1, 0.15) is 32.6 Å². The van der Waals surface area contributed by atoms with E-state index in [1.54, 1.807) is 0 Å². The standard InChI is InChI=1S/C8H17NO3S/c1-8(4-2-3-5-8)9-13(11,12)7-6-10/h9-10H,2-7H2,1H3. The molecule has 1 fully saturated rings. The van der Waals surface area contributed by atoms with E-state index in [1.165, 1.54) is 0 Å². The Morgan fingerprint density at radius 3 is 2.38 bits per heavy atom. The maximum atomic E-state index is 11.3. The molecule has 0 amide bonds. The predicted octanol–water partition coefficient (Wildman–Crippen LogP) is 0.231. The van der Waals surface area contributed by atoms with E-state index in [9.17, 15) is 8.42 Å². The molecule has 13 heavy (non-hydrogen) atoms. The first-order valence-electron chi connectivity index (χ1n) is 4.60. The van der Waals surface area contributed by atoms with Crippen LogP contribution in [0, 0.1) is 0 Å². The Kier molecular flexibility index (Phi) is 3.32. The van der Waals surface area contributed by atoms with E-state index >= 15 is 0 Å². The monoisotopic (exact) mass is 207 g/mol. The molecule has 1 saturated carbocycles. The maximum absolute atomic E-state index is 11.3. The fourth-order valence-electron chi connectivity index (χ4n) is 1.80. The summed E-state index contributed by atoms with van der Waals surface area (Å²) in [5.74, 6) is -0.192. The Labute approximate surface area is 79.4 Å². The van der Waals surface area contributed by atoms with E-state index in [-0.39, 0.29) is 17.9 Å². The lowest BCUT2D eigenvalue weighted by atomic mass is 10.0. The topological polar surface area (TPSA) is 66.4 Å². The van der Waals surface area contributed by atoms with Crippen LogP contribution in [-0.2, 0) is 10.0 Å². The van der Waals surface area contributed by atoms with Gasteiger partial charge in [-0.05, 0) is 19.8 Å². The molecule has 0 radical (unpaired) electrons. The van der Waals surface area contributed by atoms with Crippen molar-refractivity contribution < 1.29 is 13.5 Å². The molecule has 0 heterocycles. The summed E-state index contributed by atoms with van der Waals surface area (Å²) in [5.41, 5.74) is -0.270. The van der Waals surface area contributed by atoms with Gasteiger partial charge in [0.25, 0.3) is 0 Å².